The van der Waals surface area contributed by atoms with Gasteiger partial charge < -0.3 is 10.3 Å². The van der Waals surface area contributed by atoms with E-state index in [1.54, 1.807) is 11.3 Å². The third-order valence-electron chi connectivity index (χ3n) is 3.29. The number of nitrogens with zero attached hydrogens (tertiary/aromatic N) is 1. The first-order chi connectivity index (χ1) is 8.47. The fourth-order valence-electron chi connectivity index (χ4n) is 2.29. The van der Waals surface area contributed by atoms with Crippen LogP contribution in [0.4, 0.5) is 0 Å². The van der Waals surface area contributed by atoms with Gasteiger partial charge in [-0.25, -0.2) is 4.98 Å². The molecule has 0 bridgehead atoms. The molecule has 4 nitrogen and oxygen atoms in total. The predicted molar refractivity (Wildman–Crippen MR) is 74.4 cm³/mol. The molecule has 0 atom stereocenters. The van der Waals surface area contributed by atoms with Crippen molar-refractivity contribution in [2.24, 2.45) is 0 Å². The molecule has 0 saturated heterocycles. The van der Waals surface area contributed by atoms with Crippen LogP contribution in [0.1, 0.15) is 37.0 Å². The Morgan fingerprint density at radius 2 is 2.11 bits per heavy atom. The highest BCUT2D eigenvalue weighted by Crippen LogP contribution is 2.31. The van der Waals surface area contributed by atoms with Gasteiger partial charge in [0.15, 0.2) is 0 Å². The van der Waals surface area contributed by atoms with Gasteiger partial charge >= 0.3 is 0 Å². The molecule has 0 fully saturated rings. The average Bonchev–Trinajstić information content (AvgIpc) is 2.66. The molecule has 0 spiro atoms. The zero-order valence-electron chi connectivity index (χ0n) is 10.9. The predicted octanol–water partition coefficient (Wildman–Crippen LogP) is 1.93. The van der Waals surface area contributed by atoms with Crippen LogP contribution in [0.15, 0.2) is 4.79 Å². The topological polar surface area (TPSA) is 57.8 Å². The maximum Gasteiger partial charge on any atom is 0.259 e. The van der Waals surface area contributed by atoms with Gasteiger partial charge in [0.05, 0.1) is 5.39 Å². The average molecular weight is 263 g/mol. The molecule has 0 amide bonds. The SMILES string of the molecule is CC(C)(C)c1nc2sc3c(c2c(=O)[nH]1)CCNC3. The maximum absolute atomic E-state index is 12.3. The number of fused-ring (bicyclic) bond motifs is 3. The zero-order valence-corrected chi connectivity index (χ0v) is 11.7. The van der Waals surface area contributed by atoms with Crippen LogP contribution >= 0.6 is 11.3 Å². The first-order valence-corrected chi connectivity index (χ1v) is 7.04. The molecule has 96 valence electrons. The quantitative estimate of drug-likeness (QED) is 0.763. The van der Waals surface area contributed by atoms with Gasteiger partial charge in [0.2, 0.25) is 0 Å². The Hall–Kier alpha value is -1.20. The molecule has 2 aromatic rings. The van der Waals surface area contributed by atoms with Gasteiger partial charge in [0.1, 0.15) is 10.7 Å². The van der Waals surface area contributed by atoms with E-state index in [1.165, 1.54) is 10.4 Å². The normalized spacial score (nSPS) is 15.9. The van der Waals surface area contributed by atoms with Crippen molar-refractivity contribution < 1.29 is 0 Å². The minimum atomic E-state index is -0.129. The summed E-state index contributed by atoms with van der Waals surface area (Å²) in [5.74, 6) is 0.770. The highest BCUT2D eigenvalue weighted by Gasteiger charge is 2.23. The lowest BCUT2D eigenvalue weighted by Gasteiger charge is -2.16. The Balaban J connectivity index is 2.30. The highest BCUT2D eigenvalue weighted by atomic mass is 32.1. The van der Waals surface area contributed by atoms with Crippen molar-refractivity contribution in [2.45, 2.75) is 39.2 Å². The van der Waals surface area contributed by atoms with E-state index >= 15 is 0 Å². The van der Waals surface area contributed by atoms with Crippen molar-refractivity contribution in [3.63, 3.8) is 0 Å². The number of H-pyrrole nitrogens is 1. The Morgan fingerprint density at radius 1 is 1.33 bits per heavy atom. The van der Waals surface area contributed by atoms with E-state index in [0.29, 0.717) is 0 Å². The van der Waals surface area contributed by atoms with E-state index in [1.807, 2.05) is 0 Å². The molecule has 1 aliphatic rings. The van der Waals surface area contributed by atoms with Crippen LogP contribution in [0.2, 0.25) is 0 Å². The van der Waals surface area contributed by atoms with E-state index in [0.717, 1.165) is 35.6 Å². The largest absolute Gasteiger partial charge is 0.312 e. The number of hydrogen-bond acceptors (Lipinski definition) is 4. The standard InChI is InChI=1S/C13H17N3OS/c1-13(2,3)12-15-10(17)9-7-4-5-14-6-8(7)18-11(9)16-12/h14H,4-6H2,1-3H3,(H,15,16,17). The van der Waals surface area contributed by atoms with Gasteiger partial charge in [0, 0.05) is 16.8 Å². The van der Waals surface area contributed by atoms with Gasteiger partial charge in [-0.3, -0.25) is 4.79 Å². The lowest BCUT2D eigenvalue weighted by molar-refractivity contribution is 0.546. The number of rotatable bonds is 0. The first-order valence-electron chi connectivity index (χ1n) is 6.22. The van der Waals surface area contributed by atoms with E-state index in [-0.39, 0.29) is 11.0 Å². The molecule has 1 aliphatic heterocycles. The number of aromatic amines is 1. The van der Waals surface area contributed by atoms with E-state index in [9.17, 15) is 4.79 Å². The summed E-state index contributed by atoms with van der Waals surface area (Å²) < 4.78 is 0. The Morgan fingerprint density at radius 3 is 2.83 bits per heavy atom. The fourth-order valence-corrected chi connectivity index (χ4v) is 3.48. The first kappa shape index (κ1) is 11.9. The summed E-state index contributed by atoms with van der Waals surface area (Å²) in [6, 6.07) is 0. The maximum atomic E-state index is 12.3. The molecular weight excluding hydrogens is 246 g/mol. The van der Waals surface area contributed by atoms with Crippen LogP contribution < -0.4 is 10.9 Å². The summed E-state index contributed by atoms with van der Waals surface area (Å²) in [7, 11) is 0. The highest BCUT2D eigenvalue weighted by molar-refractivity contribution is 7.18. The number of thiophene rings is 1. The van der Waals surface area contributed by atoms with Crippen molar-refractivity contribution in [3.05, 3.63) is 26.6 Å². The molecule has 18 heavy (non-hydrogen) atoms. The number of hydrogen-bond donors (Lipinski definition) is 2. The minimum absolute atomic E-state index is 0.0179. The van der Waals surface area contributed by atoms with Crippen LogP contribution in [0.5, 0.6) is 0 Å². The van der Waals surface area contributed by atoms with Gasteiger partial charge in [-0.2, -0.15) is 0 Å². The lowest BCUT2D eigenvalue weighted by Crippen LogP contribution is -2.24. The summed E-state index contributed by atoms with van der Waals surface area (Å²) in [5.41, 5.74) is 1.09. The molecule has 3 heterocycles. The Kier molecular flexibility index (Phi) is 2.57. The second kappa shape index (κ2) is 3.90. The Bertz CT molecular complexity index is 663. The molecule has 3 rings (SSSR count). The van der Waals surface area contributed by atoms with Crippen LogP contribution in [0.3, 0.4) is 0 Å². The van der Waals surface area contributed by atoms with Crippen molar-refractivity contribution in [1.29, 1.82) is 0 Å². The van der Waals surface area contributed by atoms with E-state index in [4.69, 9.17) is 0 Å². The smallest absolute Gasteiger partial charge is 0.259 e. The summed E-state index contributed by atoms with van der Waals surface area (Å²) in [5, 5.41) is 4.15. The van der Waals surface area contributed by atoms with Crippen molar-refractivity contribution in [2.75, 3.05) is 6.54 Å². The summed E-state index contributed by atoms with van der Waals surface area (Å²) in [6.07, 6.45) is 0.926. The van der Waals surface area contributed by atoms with Gasteiger partial charge in [-0.05, 0) is 18.5 Å². The van der Waals surface area contributed by atoms with E-state index < -0.39 is 0 Å². The second-order valence-electron chi connectivity index (χ2n) is 5.78. The monoisotopic (exact) mass is 263 g/mol. The van der Waals surface area contributed by atoms with Crippen molar-refractivity contribution >= 4 is 21.6 Å². The molecule has 0 saturated carbocycles. The van der Waals surface area contributed by atoms with Gasteiger partial charge in [0.25, 0.3) is 5.56 Å². The third-order valence-corrected chi connectivity index (χ3v) is 4.42. The van der Waals surface area contributed by atoms with Crippen LogP contribution in [0.25, 0.3) is 10.2 Å². The number of nitrogens with one attached hydrogen (secondary N) is 2. The van der Waals surface area contributed by atoms with Crippen molar-refractivity contribution in [1.82, 2.24) is 15.3 Å². The van der Waals surface area contributed by atoms with Crippen LogP contribution in [0, 0.1) is 0 Å². The van der Waals surface area contributed by atoms with Crippen LogP contribution in [-0.2, 0) is 18.4 Å². The zero-order chi connectivity index (χ0) is 12.9. The minimum Gasteiger partial charge on any atom is -0.312 e. The van der Waals surface area contributed by atoms with E-state index in [2.05, 4.69) is 36.1 Å². The third kappa shape index (κ3) is 1.78. The summed E-state index contributed by atoms with van der Waals surface area (Å²) >= 11 is 1.65. The molecule has 0 aliphatic carbocycles. The molecule has 0 unspecified atom stereocenters. The van der Waals surface area contributed by atoms with Gasteiger partial charge in [-0.15, -0.1) is 11.3 Å². The second-order valence-corrected chi connectivity index (χ2v) is 6.86. The molecule has 2 N–H and O–H groups in total. The fraction of sp³-hybridized carbons (Fsp3) is 0.538. The van der Waals surface area contributed by atoms with Gasteiger partial charge in [-0.1, -0.05) is 20.8 Å². The molecule has 2 aromatic heterocycles. The van der Waals surface area contributed by atoms with Crippen LogP contribution in [-0.4, -0.2) is 16.5 Å². The number of aromatic nitrogens is 2. The summed E-state index contributed by atoms with van der Waals surface area (Å²) in [6.45, 7) is 7.99. The van der Waals surface area contributed by atoms with Crippen molar-refractivity contribution in [3.8, 4) is 0 Å². The lowest BCUT2D eigenvalue weighted by atomic mass is 9.95. The Labute approximate surface area is 109 Å². The molecule has 0 radical (unpaired) electrons. The molecule has 0 aromatic carbocycles. The summed E-state index contributed by atoms with van der Waals surface area (Å²) in [4.78, 5) is 22.0. The molecule has 5 heteroatoms. The molecular formula is C13H17N3OS.